The predicted octanol–water partition coefficient (Wildman–Crippen LogP) is 2.46. The molecule has 2 N–H and O–H groups in total. The molecule has 0 bridgehead atoms. The molecule has 0 atom stereocenters. The van der Waals surface area contributed by atoms with E-state index in [1.54, 1.807) is 0 Å². The Hall–Kier alpha value is -1.22. The Kier molecular flexibility index (Phi) is 4.05. The van der Waals surface area contributed by atoms with Gasteiger partial charge in [-0.1, -0.05) is 12.8 Å². The predicted molar refractivity (Wildman–Crippen MR) is 64.5 cm³/mol. The van der Waals surface area contributed by atoms with Crippen molar-refractivity contribution in [3.05, 3.63) is 24.3 Å². The van der Waals surface area contributed by atoms with Gasteiger partial charge in [0.25, 0.3) is 0 Å². The fourth-order valence-electron chi connectivity index (χ4n) is 1.54. The first kappa shape index (κ1) is 11.3. The Bertz CT molecular complexity index is 306. The summed E-state index contributed by atoms with van der Waals surface area (Å²) in [5, 5.41) is 0. The minimum atomic E-state index is 0.606. The monoisotopic (exact) mass is 221 g/mol. The number of nitrogens with two attached hydrogens (primary N) is 1. The number of rotatable bonds is 7. The molecule has 2 rings (SSSR count). The molecule has 0 saturated heterocycles. The molecule has 0 spiro atoms. The SMILES string of the molecule is Nc1ccc(OCCOCCC2CC2)cc1. The van der Waals surface area contributed by atoms with Gasteiger partial charge in [0, 0.05) is 12.3 Å². The third kappa shape index (κ3) is 4.11. The highest BCUT2D eigenvalue weighted by Crippen LogP contribution is 2.31. The lowest BCUT2D eigenvalue weighted by atomic mass is 10.3. The van der Waals surface area contributed by atoms with Gasteiger partial charge in [0.05, 0.1) is 6.61 Å². The number of hydrogen-bond donors (Lipinski definition) is 1. The van der Waals surface area contributed by atoms with Crippen LogP contribution in [0.4, 0.5) is 5.69 Å². The highest BCUT2D eigenvalue weighted by atomic mass is 16.5. The highest BCUT2D eigenvalue weighted by Gasteiger charge is 2.20. The van der Waals surface area contributed by atoms with Crippen LogP contribution in [-0.4, -0.2) is 19.8 Å². The molecule has 0 heterocycles. The van der Waals surface area contributed by atoms with Crippen LogP contribution < -0.4 is 10.5 Å². The zero-order chi connectivity index (χ0) is 11.2. The maximum Gasteiger partial charge on any atom is 0.119 e. The molecule has 0 aliphatic heterocycles. The van der Waals surface area contributed by atoms with E-state index in [-0.39, 0.29) is 0 Å². The third-order valence-corrected chi connectivity index (χ3v) is 2.74. The second-order valence-electron chi connectivity index (χ2n) is 4.26. The average Bonchev–Trinajstić information content (AvgIpc) is 3.10. The fourth-order valence-corrected chi connectivity index (χ4v) is 1.54. The van der Waals surface area contributed by atoms with Gasteiger partial charge < -0.3 is 15.2 Å². The largest absolute Gasteiger partial charge is 0.491 e. The van der Waals surface area contributed by atoms with Crippen molar-refractivity contribution < 1.29 is 9.47 Å². The molecule has 3 heteroatoms. The second kappa shape index (κ2) is 5.75. The molecular weight excluding hydrogens is 202 g/mol. The molecule has 1 aliphatic carbocycles. The van der Waals surface area contributed by atoms with E-state index < -0.39 is 0 Å². The smallest absolute Gasteiger partial charge is 0.119 e. The minimum absolute atomic E-state index is 0.606. The van der Waals surface area contributed by atoms with Crippen molar-refractivity contribution >= 4 is 5.69 Å². The van der Waals surface area contributed by atoms with Crippen LogP contribution in [0.1, 0.15) is 19.3 Å². The molecule has 0 amide bonds. The molecule has 0 unspecified atom stereocenters. The summed E-state index contributed by atoms with van der Waals surface area (Å²) in [6, 6.07) is 7.42. The Labute approximate surface area is 96.5 Å². The van der Waals surface area contributed by atoms with E-state index in [2.05, 4.69) is 0 Å². The van der Waals surface area contributed by atoms with Crippen molar-refractivity contribution in [3.8, 4) is 5.75 Å². The molecule has 16 heavy (non-hydrogen) atoms. The summed E-state index contributed by atoms with van der Waals surface area (Å²) in [7, 11) is 0. The topological polar surface area (TPSA) is 44.5 Å². The van der Waals surface area contributed by atoms with Gasteiger partial charge in [0.15, 0.2) is 0 Å². The van der Waals surface area contributed by atoms with Crippen LogP contribution in [0.2, 0.25) is 0 Å². The summed E-state index contributed by atoms with van der Waals surface area (Å²) in [6.45, 7) is 2.14. The van der Waals surface area contributed by atoms with Gasteiger partial charge in [-0.3, -0.25) is 0 Å². The van der Waals surface area contributed by atoms with E-state index in [1.165, 1.54) is 19.3 Å². The third-order valence-electron chi connectivity index (χ3n) is 2.74. The van der Waals surface area contributed by atoms with E-state index in [0.29, 0.717) is 13.2 Å². The van der Waals surface area contributed by atoms with Crippen molar-refractivity contribution in [3.63, 3.8) is 0 Å². The lowest BCUT2D eigenvalue weighted by Crippen LogP contribution is -2.07. The summed E-state index contributed by atoms with van der Waals surface area (Å²) in [4.78, 5) is 0. The van der Waals surface area contributed by atoms with E-state index in [0.717, 1.165) is 24.0 Å². The molecule has 88 valence electrons. The van der Waals surface area contributed by atoms with Gasteiger partial charge in [-0.05, 0) is 36.6 Å². The first-order valence-corrected chi connectivity index (χ1v) is 5.90. The number of nitrogen functional groups attached to an aromatic ring is 1. The molecular formula is C13H19NO2. The van der Waals surface area contributed by atoms with E-state index in [1.807, 2.05) is 24.3 Å². The quantitative estimate of drug-likeness (QED) is 0.568. The molecule has 3 nitrogen and oxygen atoms in total. The van der Waals surface area contributed by atoms with Crippen LogP contribution in [0, 0.1) is 5.92 Å². The first-order chi connectivity index (χ1) is 7.84. The summed E-state index contributed by atoms with van der Waals surface area (Å²) >= 11 is 0. The van der Waals surface area contributed by atoms with Crippen molar-refractivity contribution in [2.45, 2.75) is 19.3 Å². The Balaban J connectivity index is 1.51. The van der Waals surface area contributed by atoms with Crippen LogP contribution in [0.25, 0.3) is 0 Å². The second-order valence-corrected chi connectivity index (χ2v) is 4.26. The van der Waals surface area contributed by atoms with Gasteiger partial charge in [0.1, 0.15) is 12.4 Å². The molecule has 0 radical (unpaired) electrons. The molecule has 0 aromatic heterocycles. The lowest BCUT2D eigenvalue weighted by Gasteiger charge is -2.07. The van der Waals surface area contributed by atoms with E-state index in [9.17, 15) is 0 Å². The van der Waals surface area contributed by atoms with Crippen molar-refractivity contribution in [2.24, 2.45) is 5.92 Å². The maximum atomic E-state index is 5.58. The highest BCUT2D eigenvalue weighted by molar-refractivity contribution is 5.41. The van der Waals surface area contributed by atoms with E-state index in [4.69, 9.17) is 15.2 Å². The number of ether oxygens (including phenoxy) is 2. The standard InChI is InChI=1S/C13H19NO2/c14-12-3-5-13(6-4-12)16-10-9-15-8-7-11-1-2-11/h3-6,11H,1-2,7-10,14H2. The van der Waals surface area contributed by atoms with Crippen LogP contribution in [0.3, 0.4) is 0 Å². The fraction of sp³-hybridized carbons (Fsp3) is 0.538. The van der Waals surface area contributed by atoms with Crippen LogP contribution in [0.15, 0.2) is 24.3 Å². The van der Waals surface area contributed by atoms with Gasteiger partial charge >= 0.3 is 0 Å². The molecule has 1 saturated carbocycles. The van der Waals surface area contributed by atoms with Gasteiger partial charge in [-0.25, -0.2) is 0 Å². The van der Waals surface area contributed by atoms with Crippen LogP contribution in [0.5, 0.6) is 5.75 Å². The summed E-state index contributed by atoms with van der Waals surface area (Å²) in [5.41, 5.74) is 6.33. The molecule has 1 aromatic rings. The Morgan fingerprint density at radius 1 is 1.06 bits per heavy atom. The average molecular weight is 221 g/mol. The van der Waals surface area contributed by atoms with E-state index >= 15 is 0 Å². The van der Waals surface area contributed by atoms with Gasteiger partial charge in [0.2, 0.25) is 0 Å². The zero-order valence-electron chi connectivity index (χ0n) is 9.52. The number of anilines is 1. The lowest BCUT2D eigenvalue weighted by molar-refractivity contribution is 0.0958. The van der Waals surface area contributed by atoms with Gasteiger partial charge in [-0.15, -0.1) is 0 Å². The van der Waals surface area contributed by atoms with Crippen molar-refractivity contribution in [2.75, 3.05) is 25.6 Å². The summed E-state index contributed by atoms with van der Waals surface area (Å²) < 4.78 is 11.0. The zero-order valence-corrected chi connectivity index (χ0v) is 9.52. The summed E-state index contributed by atoms with van der Waals surface area (Å²) in [6.07, 6.45) is 4.00. The number of hydrogen-bond acceptors (Lipinski definition) is 3. The number of benzene rings is 1. The summed E-state index contributed by atoms with van der Waals surface area (Å²) in [5.74, 6) is 1.79. The molecule has 1 fully saturated rings. The molecule has 1 aliphatic rings. The van der Waals surface area contributed by atoms with Crippen LogP contribution in [-0.2, 0) is 4.74 Å². The minimum Gasteiger partial charge on any atom is -0.491 e. The van der Waals surface area contributed by atoms with Crippen molar-refractivity contribution in [1.82, 2.24) is 0 Å². The van der Waals surface area contributed by atoms with Crippen LogP contribution >= 0.6 is 0 Å². The van der Waals surface area contributed by atoms with Gasteiger partial charge in [-0.2, -0.15) is 0 Å². The maximum absolute atomic E-state index is 5.58. The van der Waals surface area contributed by atoms with Crippen molar-refractivity contribution in [1.29, 1.82) is 0 Å². The molecule has 1 aromatic carbocycles. The Morgan fingerprint density at radius 2 is 1.81 bits per heavy atom. The normalized spacial score (nSPS) is 15.0. The first-order valence-electron chi connectivity index (χ1n) is 5.90. The Morgan fingerprint density at radius 3 is 2.50 bits per heavy atom.